The third kappa shape index (κ3) is 4.68. The number of pyridine rings is 2. The van der Waals surface area contributed by atoms with Crippen molar-refractivity contribution in [2.45, 2.75) is 0 Å². The molecule has 0 spiro atoms. The molecule has 6 N–H and O–H groups in total. The Bertz CT molecular complexity index is 2620. The van der Waals surface area contributed by atoms with Crippen molar-refractivity contribution >= 4 is 110 Å². The maximum atomic E-state index is 12.7. The zero-order chi connectivity index (χ0) is 34.3. The second kappa shape index (κ2) is 11.3. The molecule has 3 aromatic carbocycles. The van der Waals surface area contributed by atoms with Crippen molar-refractivity contribution in [1.29, 1.82) is 0 Å². The quantitative estimate of drug-likeness (QED) is 0.103. The lowest BCUT2D eigenvalue weighted by atomic mass is 9.99. The molecule has 2 aliphatic rings. The van der Waals surface area contributed by atoms with Crippen molar-refractivity contribution in [1.82, 2.24) is 27.5 Å². The van der Waals surface area contributed by atoms with Crippen LogP contribution in [0, 0.1) is 0 Å². The van der Waals surface area contributed by atoms with Gasteiger partial charge in [0.25, 0.3) is 0 Å². The van der Waals surface area contributed by atoms with Gasteiger partial charge >= 0.3 is 11.9 Å². The molecule has 0 bridgehead atoms. The number of carbonyl (C=O) groups is 2. The van der Waals surface area contributed by atoms with Gasteiger partial charge in [-0.1, -0.05) is 36.4 Å². The lowest BCUT2D eigenvalue weighted by Gasteiger charge is -2.12. The van der Waals surface area contributed by atoms with Crippen molar-refractivity contribution in [3.05, 3.63) is 129 Å². The average molecular weight is 731 g/mol. The van der Waals surface area contributed by atoms with Crippen molar-refractivity contribution in [3.8, 4) is 0 Å². The first-order chi connectivity index (χ1) is 24.2. The molecule has 0 saturated carbocycles. The van der Waals surface area contributed by atoms with Gasteiger partial charge in [-0.2, -0.15) is 17.5 Å². The molecule has 7 aromatic rings. The predicted molar refractivity (Wildman–Crippen MR) is 201 cm³/mol. The van der Waals surface area contributed by atoms with E-state index in [1.807, 2.05) is 24.3 Å². The fraction of sp³-hybridized carbons (Fsp3) is 0. The molecule has 0 aliphatic carbocycles. The summed E-state index contributed by atoms with van der Waals surface area (Å²) in [5.74, 6) is -2.34. The SMILES string of the molecule is Nc1ccc(C2=S=C(c3cc(C(=O)O)c4ccc5c(C(=O)O)cc(C6=S=C(c7ccc(N)cc7)c7nsnc76)nc5c4n3)c3nsnc32)cc1. The number of fused-ring (bicyclic) bond motifs is 5. The van der Waals surface area contributed by atoms with Gasteiger partial charge < -0.3 is 21.7 Å². The third-order valence-electron chi connectivity index (χ3n) is 8.28. The van der Waals surface area contributed by atoms with Gasteiger partial charge in [0, 0.05) is 22.1 Å². The van der Waals surface area contributed by atoms with Crippen molar-refractivity contribution < 1.29 is 19.8 Å². The summed E-state index contributed by atoms with van der Waals surface area (Å²) >= 11 is 2.10. The zero-order valence-electron chi connectivity index (χ0n) is 25.1. The van der Waals surface area contributed by atoms with Crippen LogP contribution in [-0.2, 0) is 0 Å². The first-order valence-corrected chi connectivity index (χ1v) is 17.8. The molecule has 0 radical (unpaired) electrons. The predicted octanol–water partition coefficient (Wildman–Crippen LogP) is 4.82. The van der Waals surface area contributed by atoms with Gasteiger partial charge in [-0.3, -0.25) is 0 Å². The van der Waals surface area contributed by atoms with Crippen LogP contribution >= 0.6 is 45.3 Å². The standard InChI is InChI=1S/C34H18N8O4S4/c35-15-5-1-13(2-6-15)29-25-27(41-49-39-25)31(47-29)21-11-19(33(43)44)17-9-10-18-20(34(45)46)12-22(38-24(18)23(17)37-21)32-28-26(40-50-42-28)30(48-32)14-3-7-16(36)8-4-14/h1-12H,35-36H2,(H,43,44)(H,45,46). The van der Waals surface area contributed by atoms with Crippen LogP contribution in [0.5, 0.6) is 0 Å². The Labute approximate surface area is 296 Å². The van der Waals surface area contributed by atoms with Gasteiger partial charge in [0.05, 0.1) is 76.5 Å². The monoisotopic (exact) mass is 730 g/mol. The van der Waals surface area contributed by atoms with Crippen molar-refractivity contribution in [2.24, 2.45) is 0 Å². The van der Waals surface area contributed by atoms with Crippen LogP contribution in [0.4, 0.5) is 11.4 Å². The van der Waals surface area contributed by atoms with Crippen LogP contribution in [0.3, 0.4) is 0 Å². The Balaban J connectivity index is 1.32. The molecule has 2 aliphatic heterocycles. The minimum atomic E-state index is -1.17. The number of anilines is 2. The van der Waals surface area contributed by atoms with Crippen LogP contribution < -0.4 is 11.5 Å². The number of hydrogen-bond donors (Lipinski definition) is 4. The molecular formula is C34H18N8O4S4. The average Bonchev–Trinajstić information content (AvgIpc) is 3.91. The minimum absolute atomic E-state index is 0.0115. The smallest absolute Gasteiger partial charge is 0.336 e. The number of nitrogen functional groups attached to an aromatic ring is 2. The number of carboxylic acids is 2. The summed E-state index contributed by atoms with van der Waals surface area (Å²) in [5.41, 5.74) is 18.5. The molecule has 4 aromatic heterocycles. The van der Waals surface area contributed by atoms with E-state index in [0.717, 1.165) is 44.3 Å². The molecular weight excluding hydrogens is 713 g/mol. The van der Waals surface area contributed by atoms with Crippen LogP contribution in [0.15, 0.2) is 72.8 Å². The van der Waals surface area contributed by atoms with E-state index >= 15 is 0 Å². The second-order valence-corrected chi connectivity index (χ2v) is 14.4. The normalized spacial score (nSPS) is 13.4. The summed E-state index contributed by atoms with van der Waals surface area (Å²) in [7, 11) is 2.78. The highest BCUT2D eigenvalue weighted by molar-refractivity contribution is 8.00. The second-order valence-electron chi connectivity index (χ2n) is 11.3. The highest BCUT2D eigenvalue weighted by Crippen LogP contribution is 2.33. The van der Waals surface area contributed by atoms with E-state index < -0.39 is 11.9 Å². The number of nitrogens with zero attached hydrogens (tertiary/aromatic N) is 6. The van der Waals surface area contributed by atoms with Crippen molar-refractivity contribution in [2.75, 3.05) is 11.5 Å². The Hall–Kier alpha value is -5.94. The largest absolute Gasteiger partial charge is 0.478 e. The number of benzene rings is 3. The Kier molecular flexibility index (Phi) is 6.82. The van der Waals surface area contributed by atoms with Gasteiger partial charge in [-0.05, 0) is 47.5 Å². The fourth-order valence-electron chi connectivity index (χ4n) is 5.94. The van der Waals surface area contributed by atoms with Crippen molar-refractivity contribution in [3.63, 3.8) is 0 Å². The number of aromatic nitrogens is 6. The van der Waals surface area contributed by atoms with Gasteiger partial charge in [-0.15, -0.1) is 21.9 Å². The summed E-state index contributed by atoms with van der Waals surface area (Å²) in [6.45, 7) is 0. The molecule has 242 valence electrons. The molecule has 0 unspecified atom stereocenters. The Morgan fingerprint density at radius 2 is 0.880 bits per heavy atom. The number of aromatic carboxylic acids is 2. The van der Waals surface area contributed by atoms with E-state index in [1.54, 1.807) is 36.4 Å². The molecule has 0 amide bonds. The zero-order valence-corrected chi connectivity index (χ0v) is 28.4. The van der Waals surface area contributed by atoms with Crippen LogP contribution in [0.25, 0.3) is 21.8 Å². The topological polar surface area (TPSA) is 204 Å². The van der Waals surface area contributed by atoms with E-state index in [0.29, 0.717) is 66.0 Å². The number of rotatable bonds is 6. The van der Waals surface area contributed by atoms with Crippen LogP contribution in [-0.4, -0.2) is 69.1 Å². The maximum absolute atomic E-state index is 12.7. The van der Waals surface area contributed by atoms with Crippen LogP contribution in [0.2, 0.25) is 0 Å². The first-order valence-electron chi connectivity index (χ1n) is 14.7. The number of nitrogens with two attached hydrogens (primary N) is 2. The fourth-order valence-corrected chi connectivity index (χ4v) is 9.58. The number of hydrogen-bond acceptors (Lipinski definition) is 12. The molecule has 0 fully saturated rings. The van der Waals surface area contributed by atoms with Gasteiger partial charge in [0.1, 0.15) is 22.8 Å². The highest BCUT2D eigenvalue weighted by Gasteiger charge is 2.30. The minimum Gasteiger partial charge on any atom is -0.478 e. The molecule has 50 heavy (non-hydrogen) atoms. The molecule has 6 heterocycles. The first kappa shape index (κ1) is 30.1. The van der Waals surface area contributed by atoms with E-state index in [1.165, 1.54) is 34.0 Å². The van der Waals surface area contributed by atoms with Crippen LogP contribution in [0.1, 0.15) is 66.0 Å². The summed E-state index contributed by atoms with van der Waals surface area (Å²) < 4.78 is 18.1. The molecule has 9 rings (SSSR count). The third-order valence-corrected chi connectivity index (χ3v) is 11.8. The van der Waals surface area contributed by atoms with E-state index in [4.69, 9.17) is 21.4 Å². The van der Waals surface area contributed by atoms with Gasteiger partial charge in [0.15, 0.2) is 0 Å². The lowest BCUT2D eigenvalue weighted by Crippen LogP contribution is -2.11. The molecule has 16 heteroatoms. The Morgan fingerprint density at radius 1 is 0.520 bits per heavy atom. The van der Waals surface area contributed by atoms with E-state index in [9.17, 15) is 19.8 Å². The molecule has 0 atom stereocenters. The summed E-state index contributed by atoms with van der Waals surface area (Å²) in [6, 6.07) is 21.0. The molecule has 0 saturated heterocycles. The van der Waals surface area contributed by atoms with E-state index in [-0.39, 0.29) is 22.2 Å². The highest BCUT2D eigenvalue weighted by atomic mass is 32.1. The molecule has 12 nitrogen and oxygen atoms in total. The maximum Gasteiger partial charge on any atom is 0.336 e. The number of carboxylic acid groups (broad SMARTS) is 2. The summed E-state index contributed by atoms with van der Waals surface area (Å²) in [6.07, 6.45) is 0. The summed E-state index contributed by atoms with van der Waals surface area (Å²) in [5, 5.41) is 21.4. The van der Waals surface area contributed by atoms with Gasteiger partial charge in [-0.25, -0.2) is 19.6 Å². The lowest BCUT2D eigenvalue weighted by molar-refractivity contribution is 0.0688. The van der Waals surface area contributed by atoms with E-state index in [2.05, 4.69) is 17.5 Å². The Morgan fingerprint density at radius 3 is 1.24 bits per heavy atom. The van der Waals surface area contributed by atoms with Gasteiger partial charge in [0.2, 0.25) is 0 Å². The summed E-state index contributed by atoms with van der Waals surface area (Å²) in [4.78, 5) is 38.4.